The molecule has 0 aromatic heterocycles. The number of sulfonamides is 1. The monoisotopic (exact) mass is 333 g/mol. The van der Waals surface area contributed by atoms with E-state index < -0.39 is 26.7 Å². The second-order valence-electron chi connectivity index (χ2n) is 5.03. The second-order valence-corrected chi connectivity index (χ2v) is 8.82. The topological polar surface area (TPSA) is 74.7 Å². The third-order valence-electron chi connectivity index (χ3n) is 3.18. The van der Waals surface area contributed by atoms with Gasteiger partial charge in [-0.05, 0) is 18.2 Å². The first kappa shape index (κ1) is 16.3. The minimum absolute atomic E-state index is 0.106. The second kappa shape index (κ2) is 5.94. The minimum Gasteiger partial charge on any atom is -0.478 e. The van der Waals surface area contributed by atoms with E-state index in [4.69, 9.17) is 5.11 Å². The van der Waals surface area contributed by atoms with Crippen molar-refractivity contribution in [1.82, 2.24) is 4.31 Å². The predicted molar refractivity (Wildman–Crippen MR) is 78.6 cm³/mol. The average Bonchev–Trinajstić information content (AvgIpc) is 2.37. The Balaban J connectivity index is 2.44. The predicted octanol–water partition coefficient (Wildman–Crippen LogP) is 2.04. The van der Waals surface area contributed by atoms with Gasteiger partial charge in [0.2, 0.25) is 10.0 Å². The maximum atomic E-state index is 13.9. The van der Waals surface area contributed by atoms with Gasteiger partial charge >= 0.3 is 5.97 Å². The van der Waals surface area contributed by atoms with Gasteiger partial charge in [-0.3, -0.25) is 0 Å². The highest BCUT2D eigenvalue weighted by Gasteiger charge is 2.34. The van der Waals surface area contributed by atoms with E-state index in [2.05, 4.69) is 0 Å². The number of hydrogen-bond acceptors (Lipinski definition) is 4. The van der Waals surface area contributed by atoms with Crippen LogP contribution < -0.4 is 0 Å². The number of nitrogens with zero attached hydrogens (tertiary/aromatic N) is 1. The maximum absolute atomic E-state index is 13.9. The lowest BCUT2D eigenvalue weighted by atomic mass is 10.2. The first-order chi connectivity index (χ1) is 9.71. The average molecular weight is 333 g/mol. The third kappa shape index (κ3) is 3.38. The molecule has 0 aliphatic carbocycles. The van der Waals surface area contributed by atoms with Crippen molar-refractivity contribution in [2.75, 3.05) is 13.1 Å². The van der Waals surface area contributed by atoms with Gasteiger partial charge in [-0.25, -0.2) is 17.6 Å². The van der Waals surface area contributed by atoms with E-state index in [0.29, 0.717) is 0 Å². The molecule has 1 aromatic carbocycles. The SMILES string of the molecule is CC1CN(S(=O)(=O)c2cc(C(=O)O)ccc2F)CC(C)S1. The molecular formula is C13H16FNO4S2. The minimum atomic E-state index is -4.03. The van der Waals surface area contributed by atoms with E-state index in [1.807, 2.05) is 13.8 Å². The molecule has 0 bridgehead atoms. The van der Waals surface area contributed by atoms with Crippen molar-refractivity contribution in [3.63, 3.8) is 0 Å². The molecule has 21 heavy (non-hydrogen) atoms. The van der Waals surface area contributed by atoms with E-state index in [1.165, 1.54) is 4.31 Å². The van der Waals surface area contributed by atoms with Crippen molar-refractivity contribution in [2.45, 2.75) is 29.2 Å². The Labute approximate surface area is 127 Å². The van der Waals surface area contributed by atoms with Crippen LogP contribution in [0.25, 0.3) is 0 Å². The van der Waals surface area contributed by atoms with Crippen molar-refractivity contribution in [3.05, 3.63) is 29.6 Å². The molecule has 1 aromatic rings. The molecule has 0 radical (unpaired) electrons. The van der Waals surface area contributed by atoms with E-state index in [1.54, 1.807) is 11.8 Å². The van der Waals surface area contributed by atoms with E-state index >= 15 is 0 Å². The summed E-state index contributed by atoms with van der Waals surface area (Å²) in [4.78, 5) is 10.4. The van der Waals surface area contributed by atoms with E-state index in [-0.39, 0.29) is 29.2 Å². The molecule has 5 nitrogen and oxygen atoms in total. The van der Waals surface area contributed by atoms with Crippen LogP contribution >= 0.6 is 11.8 Å². The van der Waals surface area contributed by atoms with Gasteiger partial charge in [0, 0.05) is 23.6 Å². The van der Waals surface area contributed by atoms with Crippen molar-refractivity contribution in [3.8, 4) is 0 Å². The van der Waals surface area contributed by atoms with Crippen molar-refractivity contribution < 1.29 is 22.7 Å². The maximum Gasteiger partial charge on any atom is 0.335 e. The molecule has 1 aliphatic rings. The summed E-state index contributed by atoms with van der Waals surface area (Å²) in [5.41, 5.74) is -0.248. The van der Waals surface area contributed by atoms with Gasteiger partial charge in [0.15, 0.2) is 0 Å². The fraction of sp³-hybridized carbons (Fsp3) is 0.462. The summed E-state index contributed by atoms with van der Waals surface area (Å²) in [6.45, 7) is 4.39. The lowest BCUT2D eigenvalue weighted by molar-refractivity contribution is 0.0696. The van der Waals surface area contributed by atoms with Gasteiger partial charge < -0.3 is 5.11 Å². The normalized spacial score (nSPS) is 24.0. The zero-order chi connectivity index (χ0) is 15.8. The van der Waals surface area contributed by atoms with Gasteiger partial charge in [-0.15, -0.1) is 0 Å². The third-order valence-corrected chi connectivity index (χ3v) is 6.26. The molecular weight excluding hydrogens is 317 g/mol. The summed E-state index contributed by atoms with van der Waals surface area (Å²) in [6.07, 6.45) is 0. The van der Waals surface area contributed by atoms with Gasteiger partial charge in [0.1, 0.15) is 10.7 Å². The molecule has 1 saturated heterocycles. The number of hydrogen-bond donors (Lipinski definition) is 1. The Kier molecular flexibility index (Phi) is 4.60. The summed E-state index contributed by atoms with van der Waals surface area (Å²) in [5.74, 6) is -2.22. The smallest absolute Gasteiger partial charge is 0.335 e. The van der Waals surface area contributed by atoms with Crippen molar-refractivity contribution in [2.24, 2.45) is 0 Å². The number of halogens is 1. The first-order valence-corrected chi connectivity index (χ1v) is 8.78. The molecule has 2 unspecified atom stereocenters. The summed E-state index contributed by atoms with van der Waals surface area (Å²) in [5, 5.41) is 9.14. The van der Waals surface area contributed by atoms with Gasteiger partial charge in [0.25, 0.3) is 0 Å². The molecule has 1 fully saturated rings. The number of carboxylic acid groups (broad SMARTS) is 1. The molecule has 8 heteroatoms. The van der Waals surface area contributed by atoms with Crippen LogP contribution in [0.3, 0.4) is 0 Å². The zero-order valence-corrected chi connectivity index (χ0v) is 13.2. The number of benzene rings is 1. The molecule has 2 atom stereocenters. The van der Waals surface area contributed by atoms with Crippen LogP contribution in [0.2, 0.25) is 0 Å². The Bertz CT molecular complexity index is 652. The Morgan fingerprint density at radius 2 is 1.90 bits per heavy atom. The van der Waals surface area contributed by atoms with E-state index in [9.17, 15) is 17.6 Å². The summed E-state index contributed by atoms with van der Waals surface area (Å²) in [6, 6.07) is 2.81. The summed E-state index contributed by atoms with van der Waals surface area (Å²) in [7, 11) is -4.03. The Hall–Kier alpha value is -1.12. The van der Waals surface area contributed by atoms with Crippen LogP contribution in [0.5, 0.6) is 0 Å². The number of carboxylic acids is 1. The molecule has 0 spiro atoms. The molecule has 0 saturated carbocycles. The highest BCUT2D eigenvalue weighted by Crippen LogP contribution is 2.30. The Morgan fingerprint density at radius 1 is 1.33 bits per heavy atom. The van der Waals surface area contributed by atoms with Crippen LogP contribution in [0.15, 0.2) is 23.1 Å². The summed E-state index contributed by atoms with van der Waals surface area (Å²) < 4.78 is 40.2. The Morgan fingerprint density at radius 3 is 2.43 bits per heavy atom. The van der Waals surface area contributed by atoms with Gasteiger partial charge in [-0.2, -0.15) is 16.1 Å². The van der Waals surface area contributed by atoms with Gasteiger partial charge in [0.05, 0.1) is 5.56 Å². The van der Waals surface area contributed by atoms with Crippen LogP contribution in [0.4, 0.5) is 4.39 Å². The van der Waals surface area contributed by atoms with Crippen LogP contribution in [-0.4, -0.2) is 47.4 Å². The quantitative estimate of drug-likeness (QED) is 0.916. The first-order valence-electron chi connectivity index (χ1n) is 6.40. The zero-order valence-electron chi connectivity index (χ0n) is 11.6. The standard InChI is InChI=1S/C13H16FNO4S2/c1-8-6-15(7-9(2)20-8)21(18,19)12-5-10(13(16)17)3-4-11(12)14/h3-5,8-9H,6-7H2,1-2H3,(H,16,17). The molecule has 1 aliphatic heterocycles. The number of thioether (sulfide) groups is 1. The lowest BCUT2D eigenvalue weighted by Crippen LogP contribution is -2.44. The number of carbonyl (C=O) groups is 1. The summed E-state index contributed by atoms with van der Waals surface area (Å²) >= 11 is 1.67. The molecule has 2 rings (SSSR count). The fourth-order valence-corrected chi connectivity index (χ4v) is 5.52. The molecule has 0 amide bonds. The molecule has 1 heterocycles. The lowest BCUT2D eigenvalue weighted by Gasteiger charge is -2.33. The van der Waals surface area contributed by atoms with Gasteiger partial charge in [-0.1, -0.05) is 13.8 Å². The fourth-order valence-electron chi connectivity index (χ4n) is 2.30. The van der Waals surface area contributed by atoms with Crippen molar-refractivity contribution >= 4 is 27.8 Å². The highest BCUT2D eigenvalue weighted by molar-refractivity contribution is 8.00. The van der Waals surface area contributed by atoms with Crippen LogP contribution in [0, 0.1) is 5.82 Å². The molecule has 116 valence electrons. The highest BCUT2D eigenvalue weighted by atomic mass is 32.2. The largest absolute Gasteiger partial charge is 0.478 e. The number of aromatic carboxylic acids is 1. The number of rotatable bonds is 3. The van der Waals surface area contributed by atoms with Crippen LogP contribution in [0.1, 0.15) is 24.2 Å². The van der Waals surface area contributed by atoms with Crippen LogP contribution in [-0.2, 0) is 10.0 Å². The van der Waals surface area contributed by atoms with Crippen molar-refractivity contribution in [1.29, 1.82) is 0 Å². The van der Waals surface area contributed by atoms with E-state index in [0.717, 1.165) is 18.2 Å². The molecule has 1 N–H and O–H groups in total.